The van der Waals surface area contributed by atoms with Crippen molar-refractivity contribution in [2.75, 3.05) is 57.3 Å². The van der Waals surface area contributed by atoms with Crippen molar-refractivity contribution in [1.82, 2.24) is 20.0 Å². The first kappa shape index (κ1) is 35.3. The van der Waals surface area contributed by atoms with Gasteiger partial charge in [0.05, 0.1) is 5.56 Å². The quantitative estimate of drug-likeness (QED) is 0.365. The molecule has 0 saturated carbocycles. The van der Waals surface area contributed by atoms with Gasteiger partial charge in [0.1, 0.15) is 11.6 Å². The van der Waals surface area contributed by atoms with E-state index in [1.54, 1.807) is 4.90 Å². The molecule has 0 spiro atoms. The molecular weight excluding hydrogens is 616 g/mol. The highest BCUT2D eigenvalue weighted by atomic mass is 32.2. The second kappa shape index (κ2) is 13.8. The second-order valence-corrected chi connectivity index (χ2v) is 17.2. The molecule has 3 saturated heterocycles. The molecular formula is C36H52N4O6S. The number of allylic oxidation sites excluding steroid dienone is 2. The van der Waals surface area contributed by atoms with Gasteiger partial charge in [-0.1, -0.05) is 39.0 Å². The van der Waals surface area contributed by atoms with Gasteiger partial charge in [-0.2, -0.15) is 0 Å². The first-order valence-electron chi connectivity index (χ1n) is 17.1. The van der Waals surface area contributed by atoms with Crippen molar-refractivity contribution >= 4 is 40.1 Å². The third-order valence-corrected chi connectivity index (χ3v) is 11.8. The van der Waals surface area contributed by atoms with Crippen LogP contribution in [0.1, 0.15) is 83.1 Å². The van der Waals surface area contributed by atoms with Crippen LogP contribution in [0, 0.1) is 16.7 Å². The molecule has 0 aromatic heterocycles. The number of piperidine rings is 1. The van der Waals surface area contributed by atoms with E-state index in [2.05, 4.69) is 37.1 Å². The SMILES string of the molecule is CC(C)(C)OC(=O)c1ccc(C2=CCC3(C)CN(C(=O)C(=O)N4CCCC4C(=O)NCCN4CCS(=O)CC4)CCC3C2(C)C)cc1. The number of esters is 1. The fourth-order valence-electron chi connectivity index (χ4n) is 8.16. The Morgan fingerprint density at radius 1 is 0.957 bits per heavy atom. The van der Waals surface area contributed by atoms with Gasteiger partial charge < -0.3 is 19.9 Å². The number of carbonyl (C=O) groups is 4. The van der Waals surface area contributed by atoms with Crippen LogP contribution in [0.5, 0.6) is 0 Å². The van der Waals surface area contributed by atoms with Crippen LogP contribution >= 0.6 is 0 Å². The summed E-state index contributed by atoms with van der Waals surface area (Å²) in [6.45, 7) is 16.3. The van der Waals surface area contributed by atoms with Gasteiger partial charge in [-0.25, -0.2) is 4.79 Å². The lowest BCUT2D eigenvalue weighted by atomic mass is 9.53. The number of amides is 3. The number of benzene rings is 1. The maximum Gasteiger partial charge on any atom is 0.338 e. The predicted octanol–water partition coefficient (Wildman–Crippen LogP) is 3.48. The first-order valence-corrected chi connectivity index (χ1v) is 18.6. The largest absolute Gasteiger partial charge is 0.456 e. The van der Waals surface area contributed by atoms with Crippen molar-refractivity contribution in [2.45, 2.75) is 78.9 Å². The number of carbonyl (C=O) groups excluding carboxylic acids is 4. The highest BCUT2D eigenvalue weighted by Crippen LogP contribution is 2.57. The monoisotopic (exact) mass is 668 g/mol. The molecule has 10 nitrogen and oxygen atoms in total. The average Bonchev–Trinajstić information content (AvgIpc) is 3.50. The van der Waals surface area contributed by atoms with E-state index < -0.39 is 34.3 Å². The van der Waals surface area contributed by atoms with Crippen LogP contribution in [0.3, 0.4) is 0 Å². The normalized spacial score (nSPS) is 26.7. The third-order valence-electron chi connectivity index (χ3n) is 10.5. The Morgan fingerprint density at radius 3 is 2.30 bits per heavy atom. The smallest absolute Gasteiger partial charge is 0.338 e. The van der Waals surface area contributed by atoms with Crippen LogP contribution in [0.25, 0.3) is 5.57 Å². The van der Waals surface area contributed by atoms with E-state index in [4.69, 9.17) is 4.74 Å². The minimum absolute atomic E-state index is 0.191. The van der Waals surface area contributed by atoms with Gasteiger partial charge in [-0.15, -0.1) is 0 Å². The van der Waals surface area contributed by atoms with Crippen LogP contribution in [0.2, 0.25) is 0 Å². The maximum atomic E-state index is 13.7. The number of hydrogen-bond acceptors (Lipinski definition) is 7. The first-order chi connectivity index (χ1) is 22.1. The molecule has 1 aromatic carbocycles. The van der Waals surface area contributed by atoms with Crippen molar-refractivity contribution in [3.8, 4) is 0 Å². The number of nitrogens with zero attached hydrogens (tertiary/aromatic N) is 3. The Bertz CT molecular complexity index is 1420. The van der Waals surface area contributed by atoms with E-state index in [0.717, 1.165) is 31.5 Å². The van der Waals surface area contributed by atoms with E-state index in [9.17, 15) is 23.4 Å². The lowest BCUT2D eigenvalue weighted by Gasteiger charge is -2.55. The van der Waals surface area contributed by atoms with Crippen LogP contribution in [0.4, 0.5) is 0 Å². The molecule has 47 heavy (non-hydrogen) atoms. The summed E-state index contributed by atoms with van der Waals surface area (Å²) < 4.78 is 17.1. The van der Waals surface area contributed by atoms with Crippen molar-refractivity contribution in [3.05, 3.63) is 41.5 Å². The van der Waals surface area contributed by atoms with Crippen LogP contribution in [-0.2, 0) is 29.9 Å². The Morgan fingerprint density at radius 2 is 1.64 bits per heavy atom. The number of hydrogen-bond donors (Lipinski definition) is 1. The number of rotatable bonds is 6. The van der Waals surface area contributed by atoms with Crippen molar-refractivity contribution in [2.24, 2.45) is 16.7 Å². The van der Waals surface area contributed by atoms with Gasteiger partial charge in [0.15, 0.2) is 0 Å². The van der Waals surface area contributed by atoms with Crippen LogP contribution < -0.4 is 5.32 Å². The molecule has 3 atom stereocenters. The molecule has 1 aliphatic carbocycles. The van der Waals surface area contributed by atoms with E-state index in [-0.39, 0.29) is 28.6 Å². The number of likely N-dealkylation sites (tertiary alicyclic amines) is 2. The Hall–Kier alpha value is -3.05. The molecule has 1 N–H and O–H groups in total. The highest BCUT2D eigenvalue weighted by molar-refractivity contribution is 7.85. The summed E-state index contributed by atoms with van der Waals surface area (Å²) in [6.07, 6.45) is 5.04. The average molecular weight is 669 g/mol. The molecule has 0 bridgehead atoms. The molecule has 3 fully saturated rings. The Balaban J connectivity index is 1.20. The minimum atomic E-state index is -0.742. The molecule has 3 heterocycles. The topological polar surface area (TPSA) is 116 Å². The summed E-state index contributed by atoms with van der Waals surface area (Å²) in [4.78, 5) is 58.2. The summed E-state index contributed by atoms with van der Waals surface area (Å²) in [7, 11) is -0.742. The zero-order chi connectivity index (χ0) is 34.1. The zero-order valence-corrected chi connectivity index (χ0v) is 29.7. The van der Waals surface area contributed by atoms with E-state index in [0.29, 0.717) is 62.6 Å². The fraction of sp³-hybridized carbons (Fsp3) is 0.667. The summed E-state index contributed by atoms with van der Waals surface area (Å²) in [6, 6.07) is 7.01. The van der Waals surface area contributed by atoms with Gasteiger partial charge in [-0.3, -0.25) is 23.5 Å². The summed E-state index contributed by atoms with van der Waals surface area (Å²) in [5, 5.41) is 2.97. The fourth-order valence-corrected chi connectivity index (χ4v) is 9.29. The number of nitrogens with one attached hydrogen (secondary N) is 1. The summed E-state index contributed by atoms with van der Waals surface area (Å²) in [5.41, 5.74) is 1.87. The van der Waals surface area contributed by atoms with Gasteiger partial charge in [-0.05, 0) is 86.5 Å². The van der Waals surface area contributed by atoms with Gasteiger partial charge in [0.25, 0.3) is 0 Å². The van der Waals surface area contributed by atoms with Gasteiger partial charge >= 0.3 is 17.8 Å². The lowest BCUT2D eigenvalue weighted by molar-refractivity contribution is -0.157. The van der Waals surface area contributed by atoms with Crippen LogP contribution in [0.15, 0.2) is 30.3 Å². The molecule has 258 valence electrons. The Kier molecular flexibility index (Phi) is 10.4. The minimum Gasteiger partial charge on any atom is -0.456 e. The lowest BCUT2D eigenvalue weighted by Crippen LogP contribution is -2.58. The Labute approximate surface area is 282 Å². The van der Waals surface area contributed by atoms with E-state index >= 15 is 0 Å². The van der Waals surface area contributed by atoms with E-state index in [1.165, 1.54) is 10.5 Å². The number of ether oxygens (including phenoxy) is 1. The molecule has 1 aromatic rings. The van der Waals surface area contributed by atoms with Gasteiger partial charge in [0.2, 0.25) is 5.91 Å². The van der Waals surface area contributed by atoms with E-state index in [1.807, 2.05) is 45.0 Å². The number of fused-ring (bicyclic) bond motifs is 1. The predicted molar refractivity (Wildman–Crippen MR) is 183 cm³/mol. The molecule has 5 rings (SSSR count). The molecule has 4 aliphatic rings. The molecule has 3 amide bonds. The zero-order valence-electron chi connectivity index (χ0n) is 28.9. The van der Waals surface area contributed by atoms with Crippen LogP contribution in [-0.4, -0.2) is 112 Å². The maximum absolute atomic E-state index is 13.7. The van der Waals surface area contributed by atoms with Crippen molar-refractivity contribution < 1.29 is 28.1 Å². The van der Waals surface area contributed by atoms with Crippen molar-refractivity contribution in [3.63, 3.8) is 0 Å². The molecule has 3 unspecified atom stereocenters. The molecule has 0 radical (unpaired) electrons. The summed E-state index contributed by atoms with van der Waals surface area (Å²) >= 11 is 0. The highest BCUT2D eigenvalue weighted by Gasteiger charge is 2.52. The van der Waals surface area contributed by atoms with Crippen molar-refractivity contribution in [1.29, 1.82) is 0 Å². The summed E-state index contributed by atoms with van der Waals surface area (Å²) in [5.74, 6) is -0.0370. The second-order valence-electron chi connectivity index (χ2n) is 15.5. The van der Waals surface area contributed by atoms with Gasteiger partial charge in [0, 0.05) is 68.1 Å². The molecule has 11 heteroatoms. The third kappa shape index (κ3) is 7.82. The standard InChI is InChI=1S/C36H52N4O6S/c1-34(2,3)46-33(44)26-11-9-25(10-12-26)27-13-15-36(6)24-39(18-14-29(36)35(27,4)5)31(42)32(43)40-17-7-8-28(40)30(41)37-16-19-38-20-22-47(45)23-21-38/h9-13,28-29H,7-8,14-24H2,1-6H3,(H,37,41). The molecule has 3 aliphatic heterocycles.